The Hall–Kier alpha value is -0.900. The van der Waals surface area contributed by atoms with Crippen molar-refractivity contribution in [3.63, 3.8) is 0 Å². The lowest BCUT2D eigenvalue weighted by molar-refractivity contribution is 0.0636. The standard InChI is InChI=1S/C13H21NO2/c1-10-6-11(2)8-12(7-10)13(14)9-16-5-4-15-3/h6-8,13H,4-5,9,14H2,1-3H3. The second-order valence-electron chi connectivity index (χ2n) is 4.10. The van der Waals surface area contributed by atoms with Gasteiger partial charge in [0.25, 0.3) is 0 Å². The Kier molecular flexibility index (Phi) is 5.46. The number of methoxy groups -OCH3 is 1. The highest BCUT2D eigenvalue weighted by molar-refractivity contribution is 5.30. The van der Waals surface area contributed by atoms with Gasteiger partial charge in [0, 0.05) is 7.11 Å². The van der Waals surface area contributed by atoms with Crippen LogP contribution in [0.2, 0.25) is 0 Å². The fraction of sp³-hybridized carbons (Fsp3) is 0.538. The maximum Gasteiger partial charge on any atom is 0.0701 e. The minimum absolute atomic E-state index is 0.0598. The minimum atomic E-state index is -0.0598. The molecule has 0 aliphatic heterocycles. The van der Waals surface area contributed by atoms with E-state index in [-0.39, 0.29) is 6.04 Å². The van der Waals surface area contributed by atoms with E-state index in [0.717, 1.165) is 5.56 Å². The maximum atomic E-state index is 6.05. The molecular weight excluding hydrogens is 202 g/mol. The van der Waals surface area contributed by atoms with Crippen LogP contribution in [0.25, 0.3) is 0 Å². The molecule has 3 nitrogen and oxygen atoms in total. The smallest absolute Gasteiger partial charge is 0.0701 e. The molecule has 0 saturated heterocycles. The molecule has 0 radical (unpaired) electrons. The summed E-state index contributed by atoms with van der Waals surface area (Å²) >= 11 is 0. The molecule has 1 unspecified atom stereocenters. The molecule has 3 heteroatoms. The lowest BCUT2D eigenvalue weighted by Crippen LogP contribution is -2.18. The van der Waals surface area contributed by atoms with Crippen LogP contribution in [0.5, 0.6) is 0 Å². The van der Waals surface area contributed by atoms with Crippen molar-refractivity contribution in [2.45, 2.75) is 19.9 Å². The molecule has 0 aliphatic carbocycles. The van der Waals surface area contributed by atoms with Crippen LogP contribution in [-0.4, -0.2) is 26.9 Å². The van der Waals surface area contributed by atoms with Gasteiger partial charge in [-0.2, -0.15) is 0 Å². The average Bonchev–Trinajstić information content (AvgIpc) is 2.22. The van der Waals surface area contributed by atoms with Crippen molar-refractivity contribution >= 4 is 0 Å². The van der Waals surface area contributed by atoms with E-state index in [1.165, 1.54) is 11.1 Å². The average molecular weight is 223 g/mol. The Balaban J connectivity index is 2.48. The number of hydrogen-bond acceptors (Lipinski definition) is 3. The number of ether oxygens (including phenoxy) is 2. The van der Waals surface area contributed by atoms with Crippen molar-refractivity contribution in [1.82, 2.24) is 0 Å². The first kappa shape index (κ1) is 13.2. The molecule has 16 heavy (non-hydrogen) atoms. The van der Waals surface area contributed by atoms with Crippen molar-refractivity contribution < 1.29 is 9.47 Å². The number of benzene rings is 1. The molecule has 1 atom stereocenters. The molecule has 0 aliphatic rings. The monoisotopic (exact) mass is 223 g/mol. The van der Waals surface area contributed by atoms with Gasteiger partial charge in [0.1, 0.15) is 0 Å². The molecule has 0 spiro atoms. The second kappa shape index (κ2) is 6.63. The SMILES string of the molecule is COCCOCC(N)c1cc(C)cc(C)c1. The van der Waals surface area contributed by atoms with Gasteiger partial charge in [-0.05, 0) is 19.4 Å². The summed E-state index contributed by atoms with van der Waals surface area (Å²) in [5.41, 5.74) is 9.66. The van der Waals surface area contributed by atoms with Gasteiger partial charge in [-0.15, -0.1) is 0 Å². The molecule has 0 amide bonds. The van der Waals surface area contributed by atoms with Crippen molar-refractivity contribution in [1.29, 1.82) is 0 Å². The maximum absolute atomic E-state index is 6.05. The molecule has 0 fully saturated rings. The third-order valence-corrected chi connectivity index (χ3v) is 2.40. The Morgan fingerprint density at radius 2 is 1.75 bits per heavy atom. The summed E-state index contributed by atoms with van der Waals surface area (Å²) in [6.45, 7) is 5.89. The lowest BCUT2D eigenvalue weighted by atomic mass is 10.0. The normalized spacial score (nSPS) is 12.8. The minimum Gasteiger partial charge on any atom is -0.382 e. The highest BCUT2D eigenvalue weighted by atomic mass is 16.5. The van der Waals surface area contributed by atoms with Crippen molar-refractivity contribution in [2.75, 3.05) is 26.9 Å². The number of hydrogen-bond donors (Lipinski definition) is 1. The fourth-order valence-electron chi connectivity index (χ4n) is 1.67. The van der Waals surface area contributed by atoms with Gasteiger partial charge in [0.15, 0.2) is 0 Å². The zero-order valence-corrected chi connectivity index (χ0v) is 10.3. The molecule has 0 aromatic heterocycles. The quantitative estimate of drug-likeness (QED) is 0.750. The lowest BCUT2D eigenvalue weighted by Gasteiger charge is -2.14. The van der Waals surface area contributed by atoms with Crippen LogP contribution in [0.4, 0.5) is 0 Å². The van der Waals surface area contributed by atoms with Gasteiger partial charge < -0.3 is 15.2 Å². The summed E-state index contributed by atoms with van der Waals surface area (Å²) in [5.74, 6) is 0. The van der Waals surface area contributed by atoms with Crippen molar-refractivity contribution in [2.24, 2.45) is 5.73 Å². The number of nitrogens with two attached hydrogens (primary N) is 1. The van der Waals surface area contributed by atoms with E-state index in [2.05, 4.69) is 32.0 Å². The van der Waals surface area contributed by atoms with E-state index >= 15 is 0 Å². The van der Waals surface area contributed by atoms with Gasteiger partial charge in [-0.3, -0.25) is 0 Å². The van der Waals surface area contributed by atoms with Gasteiger partial charge in [0.05, 0.1) is 25.9 Å². The van der Waals surface area contributed by atoms with Gasteiger partial charge in [-0.1, -0.05) is 29.3 Å². The van der Waals surface area contributed by atoms with E-state index in [1.807, 2.05) is 0 Å². The topological polar surface area (TPSA) is 44.5 Å². The molecule has 0 heterocycles. The molecule has 2 N–H and O–H groups in total. The first-order chi connectivity index (χ1) is 7.63. The van der Waals surface area contributed by atoms with E-state index in [4.69, 9.17) is 15.2 Å². The zero-order valence-electron chi connectivity index (χ0n) is 10.3. The summed E-state index contributed by atoms with van der Waals surface area (Å²) < 4.78 is 10.3. The van der Waals surface area contributed by atoms with Crippen LogP contribution >= 0.6 is 0 Å². The molecule has 90 valence electrons. The van der Waals surface area contributed by atoms with Crippen LogP contribution in [-0.2, 0) is 9.47 Å². The van der Waals surface area contributed by atoms with E-state index < -0.39 is 0 Å². The number of rotatable bonds is 6. The van der Waals surface area contributed by atoms with Gasteiger partial charge in [0.2, 0.25) is 0 Å². The Morgan fingerprint density at radius 1 is 1.12 bits per heavy atom. The van der Waals surface area contributed by atoms with Crippen LogP contribution in [0.1, 0.15) is 22.7 Å². The molecule has 0 bridgehead atoms. The van der Waals surface area contributed by atoms with Gasteiger partial charge in [-0.25, -0.2) is 0 Å². The Labute approximate surface area is 97.6 Å². The zero-order chi connectivity index (χ0) is 12.0. The molecule has 0 saturated carbocycles. The van der Waals surface area contributed by atoms with Gasteiger partial charge >= 0.3 is 0 Å². The first-order valence-corrected chi connectivity index (χ1v) is 5.54. The van der Waals surface area contributed by atoms with E-state index in [1.54, 1.807) is 7.11 Å². The third-order valence-electron chi connectivity index (χ3n) is 2.40. The fourth-order valence-corrected chi connectivity index (χ4v) is 1.67. The first-order valence-electron chi connectivity index (χ1n) is 5.54. The summed E-state index contributed by atoms with van der Waals surface area (Å²) in [5, 5.41) is 0. The highest BCUT2D eigenvalue weighted by Crippen LogP contribution is 2.15. The second-order valence-corrected chi connectivity index (χ2v) is 4.10. The third kappa shape index (κ3) is 4.31. The molecule has 1 aromatic carbocycles. The summed E-state index contributed by atoms with van der Waals surface area (Å²) in [7, 11) is 1.66. The van der Waals surface area contributed by atoms with E-state index in [9.17, 15) is 0 Å². The largest absolute Gasteiger partial charge is 0.382 e. The van der Waals surface area contributed by atoms with Crippen molar-refractivity contribution in [3.05, 3.63) is 34.9 Å². The summed E-state index contributed by atoms with van der Waals surface area (Å²) in [6.07, 6.45) is 0. The molecule has 1 rings (SSSR count). The summed E-state index contributed by atoms with van der Waals surface area (Å²) in [4.78, 5) is 0. The van der Waals surface area contributed by atoms with Crippen LogP contribution < -0.4 is 5.73 Å². The Morgan fingerprint density at radius 3 is 2.31 bits per heavy atom. The predicted molar refractivity (Wildman–Crippen MR) is 65.5 cm³/mol. The molecular formula is C13H21NO2. The highest BCUT2D eigenvalue weighted by Gasteiger charge is 2.06. The molecule has 1 aromatic rings. The van der Waals surface area contributed by atoms with Crippen LogP contribution in [0, 0.1) is 13.8 Å². The van der Waals surface area contributed by atoms with E-state index in [0.29, 0.717) is 19.8 Å². The Bertz CT molecular complexity index is 305. The van der Waals surface area contributed by atoms with Crippen LogP contribution in [0.3, 0.4) is 0 Å². The van der Waals surface area contributed by atoms with Crippen molar-refractivity contribution in [3.8, 4) is 0 Å². The summed E-state index contributed by atoms with van der Waals surface area (Å²) in [6, 6.07) is 6.30. The predicted octanol–water partition coefficient (Wildman–Crippen LogP) is 1.97. The number of aryl methyl sites for hydroxylation is 2. The van der Waals surface area contributed by atoms with Crippen LogP contribution in [0.15, 0.2) is 18.2 Å².